The molecule has 0 spiro atoms. The predicted molar refractivity (Wildman–Crippen MR) is 120 cm³/mol. The zero-order chi connectivity index (χ0) is 24.1. The van der Waals surface area contributed by atoms with Crippen LogP contribution >= 0.6 is 0 Å². The average Bonchev–Trinajstić information content (AvgIpc) is 3.39. The SMILES string of the molecule is Cc1cc(CNC(=O)c2cc(S(=O)(=O)NCc3ccc(-c4ncn[nH]4)cc3)ncn2)ccc1F. The quantitative estimate of drug-likeness (QED) is 0.327. The summed E-state index contributed by atoms with van der Waals surface area (Å²) in [5.74, 6) is -0.309. The molecule has 2 aromatic heterocycles. The number of rotatable bonds is 8. The van der Waals surface area contributed by atoms with Crippen LogP contribution in [0, 0.1) is 12.7 Å². The van der Waals surface area contributed by atoms with Crippen LogP contribution in [0.5, 0.6) is 0 Å². The third kappa shape index (κ3) is 5.47. The highest BCUT2D eigenvalue weighted by atomic mass is 32.2. The van der Waals surface area contributed by atoms with Gasteiger partial charge in [0.15, 0.2) is 10.9 Å². The molecule has 174 valence electrons. The van der Waals surface area contributed by atoms with Crippen LogP contribution in [0.1, 0.15) is 27.2 Å². The first-order valence-electron chi connectivity index (χ1n) is 10.1. The maximum absolute atomic E-state index is 13.4. The zero-order valence-corrected chi connectivity index (χ0v) is 18.8. The molecule has 1 amide bonds. The van der Waals surface area contributed by atoms with E-state index in [2.05, 4.69) is 35.2 Å². The molecule has 0 atom stereocenters. The van der Waals surface area contributed by atoms with E-state index in [1.807, 2.05) is 0 Å². The molecule has 0 fully saturated rings. The Kier molecular flexibility index (Phi) is 6.70. The summed E-state index contributed by atoms with van der Waals surface area (Å²) >= 11 is 0. The van der Waals surface area contributed by atoms with E-state index in [1.165, 1.54) is 12.4 Å². The van der Waals surface area contributed by atoms with Gasteiger partial charge < -0.3 is 5.32 Å². The molecule has 0 aliphatic carbocycles. The van der Waals surface area contributed by atoms with E-state index >= 15 is 0 Å². The highest BCUT2D eigenvalue weighted by Crippen LogP contribution is 2.15. The molecule has 0 unspecified atom stereocenters. The second-order valence-electron chi connectivity index (χ2n) is 7.36. The Morgan fingerprint density at radius 3 is 2.44 bits per heavy atom. The molecule has 34 heavy (non-hydrogen) atoms. The number of H-pyrrole nitrogens is 1. The number of carbonyl (C=O) groups is 1. The number of halogens is 1. The normalized spacial score (nSPS) is 11.4. The molecule has 2 aromatic carbocycles. The van der Waals surface area contributed by atoms with Crippen molar-refractivity contribution < 1.29 is 17.6 Å². The van der Waals surface area contributed by atoms with E-state index in [4.69, 9.17) is 0 Å². The maximum Gasteiger partial charge on any atom is 0.270 e. The van der Waals surface area contributed by atoms with Gasteiger partial charge in [-0.25, -0.2) is 32.5 Å². The van der Waals surface area contributed by atoms with Gasteiger partial charge in [-0.3, -0.25) is 9.89 Å². The summed E-state index contributed by atoms with van der Waals surface area (Å²) in [4.78, 5) is 24.2. The number of aromatic nitrogens is 5. The van der Waals surface area contributed by atoms with Crippen molar-refractivity contribution in [1.82, 2.24) is 35.2 Å². The van der Waals surface area contributed by atoms with Crippen molar-refractivity contribution in [2.45, 2.75) is 25.0 Å². The Morgan fingerprint density at radius 2 is 1.74 bits per heavy atom. The van der Waals surface area contributed by atoms with Crippen LogP contribution in [0.25, 0.3) is 11.4 Å². The summed E-state index contributed by atoms with van der Waals surface area (Å²) in [7, 11) is -4.00. The Morgan fingerprint density at radius 1 is 0.971 bits per heavy atom. The second kappa shape index (κ2) is 9.85. The first-order valence-corrected chi connectivity index (χ1v) is 11.6. The molecule has 0 saturated heterocycles. The monoisotopic (exact) mass is 481 g/mol. The Bertz CT molecular complexity index is 1410. The molecule has 0 aliphatic heterocycles. The van der Waals surface area contributed by atoms with Gasteiger partial charge in [0.1, 0.15) is 24.2 Å². The summed E-state index contributed by atoms with van der Waals surface area (Å²) < 4.78 is 41.2. The summed E-state index contributed by atoms with van der Waals surface area (Å²) in [6, 6.07) is 12.7. The van der Waals surface area contributed by atoms with Gasteiger partial charge in [0.05, 0.1) is 0 Å². The van der Waals surface area contributed by atoms with Crippen LogP contribution in [-0.2, 0) is 23.1 Å². The minimum Gasteiger partial charge on any atom is -0.347 e. The van der Waals surface area contributed by atoms with Crippen molar-refractivity contribution in [1.29, 1.82) is 0 Å². The molecule has 12 heteroatoms. The molecule has 0 bridgehead atoms. The van der Waals surface area contributed by atoms with Crippen LogP contribution in [0.4, 0.5) is 4.39 Å². The summed E-state index contributed by atoms with van der Waals surface area (Å²) in [5.41, 5.74) is 2.58. The van der Waals surface area contributed by atoms with Crippen LogP contribution in [0.15, 0.2) is 66.2 Å². The number of nitrogens with zero attached hydrogens (tertiary/aromatic N) is 4. The molecule has 4 rings (SSSR count). The smallest absolute Gasteiger partial charge is 0.270 e. The highest BCUT2D eigenvalue weighted by molar-refractivity contribution is 7.89. The predicted octanol–water partition coefficient (Wildman–Crippen LogP) is 2.12. The first kappa shape index (κ1) is 23.1. The summed E-state index contributed by atoms with van der Waals surface area (Å²) in [5, 5.41) is 8.85. The molecule has 0 saturated carbocycles. The molecule has 0 radical (unpaired) electrons. The van der Waals surface area contributed by atoms with E-state index in [-0.39, 0.29) is 29.6 Å². The fourth-order valence-corrected chi connectivity index (χ4v) is 4.03. The topological polar surface area (TPSA) is 143 Å². The second-order valence-corrected chi connectivity index (χ2v) is 9.08. The van der Waals surface area contributed by atoms with Gasteiger partial charge in [-0.05, 0) is 29.7 Å². The molecular formula is C22H20FN7O3S. The Hall–Kier alpha value is -4.03. The lowest BCUT2D eigenvalue weighted by Crippen LogP contribution is -2.27. The lowest BCUT2D eigenvalue weighted by molar-refractivity contribution is 0.0945. The molecule has 2 heterocycles. The van der Waals surface area contributed by atoms with Crippen molar-refractivity contribution in [3.63, 3.8) is 0 Å². The van der Waals surface area contributed by atoms with Gasteiger partial charge in [0, 0.05) is 24.7 Å². The van der Waals surface area contributed by atoms with Crippen LogP contribution in [-0.4, -0.2) is 39.5 Å². The molecule has 10 nitrogen and oxygen atoms in total. The van der Waals surface area contributed by atoms with Gasteiger partial charge in [-0.15, -0.1) is 0 Å². The number of hydrogen-bond donors (Lipinski definition) is 3. The number of hydrogen-bond acceptors (Lipinski definition) is 7. The molecule has 0 aliphatic rings. The molecule has 4 aromatic rings. The standard InChI is InChI=1S/C22H20FN7O3S/c1-14-8-16(4-7-18(14)23)10-24-22(31)19-9-20(26-12-25-19)34(32,33)29-11-15-2-5-17(6-3-15)21-27-13-28-30-21/h2-9,12-13,29H,10-11H2,1H3,(H,24,31)(H,27,28,30). The minimum absolute atomic E-state index is 0.0223. The van der Waals surface area contributed by atoms with Gasteiger partial charge in [-0.1, -0.05) is 36.4 Å². The van der Waals surface area contributed by atoms with Gasteiger partial charge in [0.2, 0.25) is 0 Å². The van der Waals surface area contributed by atoms with Crippen molar-refractivity contribution >= 4 is 15.9 Å². The van der Waals surface area contributed by atoms with E-state index in [1.54, 1.807) is 43.3 Å². The highest BCUT2D eigenvalue weighted by Gasteiger charge is 2.19. The van der Waals surface area contributed by atoms with E-state index < -0.39 is 15.9 Å². The Balaban J connectivity index is 1.39. The zero-order valence-electron chi connectivity index (χ0n) is 18.0. The van der Waals surface area contributed by atoms with Gasteiger partial charge in [-0.2, -0.15) is 5.10 Å². The van der Waals surface area contributed by atoms with E-state index in [9.17, 15) is 17.6 Å². The summed E-state index contributed by atoms with van der Waals surface area (Å²) in [6.45, 7) is 1.78. The van der Waals surface area contributed by atoms with E-state index in [0.29, 0.717) is 22.5 Å². The van der Waals surface area contributed by atoms with Crippen LogP contribution in [0.3, 0.4) is 0 Å². The first-order chi connectivity index (χ1) is 16.3. The largest absolute Gasteiger partial charge is 0.347 e. The number of amides is 1. The number of nitrogens with one attached hydrogen (secondary N) is 3. The number of sulfonamides is 1. The lowest BCUT2D eigenvalue weighted by Gasteiger charge is -2.09. The van der Waals surface area contributed by atoms with Gasteiger partial charge in [0.25, 0.3) is 15.9 Å². The third-order valence-electron chi connectivity index (χ3n) is 4.93. The number of carbonyl (C=O) groups excluding carboxylic acids is 1. The minimum atomic E-state index is -4.00. The van der Waals surface area contributed by atoms with Crippen molar-refractivity contribution in [2.75, 3.05) is 0 Å². The number of benzene rings is 2. The molecular weight excluding hydrogens is 461 g/mol. The number of aromatic amines is 1. The fourth-order valence-electron chi connectivity index (χ4n) is 3.08. The van der Waals surface area contributed by atoms with Crippen molar-refractivity contribution in [3.8, 4) is 11.4 Å². The Labute approximate surface area is 194 Å². The fraction of sp³-hybridized carbons (Fsp3) is 0.136. The molecule has 3 N–H and O–H groups in total. The third-order valence-corrected chi connectivity index (χ3v) is 6.23. The van der Waals surface area contributed by atoms with Crippen molar-refractivity contribution in [3.05, 3.63) is 89.4 Å². The average molecular weight is 482 g/mol. The summed E-state index contributed by atoms with van der Waals surface area (Å²) in [6.07, 6.45) is 2.41. The van der Waals surface area contributed by atoms with E-state index in [0.717, 1.165) is 18.0 Å². The van der Waals surface area contributed by atoms with Crippen LogP contribution < -0.4 is 10.0 Å². The lowest BCUT2D eigenvalue weighted by atomic mass is 10.1. The van der Waals surface area contributed by atoms with Gasteiger partial charge >= 0.3 is 0 Å². The van der Waals surface area contributed by atoms with Crippen LogP contribution in [0.2, 0.25) is 0 Å². The maximum atomic E-state index is 13.4. The number of aryl methyl sites for hydroxylation is 1. The van der Waals surface area contributed by atoms with Crippen molar-refractivity contribution in [2.24, 2.45) is 0 Å².